The van der Waals surface area contributed by atoms with Crippen molar-refractivity contribution in [1.29, 1.82) is 0 Å². The fourth-order valence-electron chi connectivity index (χ4n) is 3.05. The SMILES string of the molecule is O=C(Nc1ccccc1Oc1ccccc1)[C@H]1C[C@@H]1c1ccccc1. The van der Waals surface area contributed by atoms with Crippen LogP contribution in [0.1, 0.15) is 17.9 Å². The van der Waals surface area contributed by atoms with Gasteiger partial charge in [-0.3, -0.25) is 4.79 Å². The van der Waals surface area contributed by atoms with Gasteiger partial charge >= 0.3 is 0 Å². The monoisotopic (exact) mass is 329 g/mol. The van der Waals surface area contributed by atoms with Crippen molar-refractivity contribution in [2.75, 3.05) is 5.32 Å². The number of nitrogens with one attached hydrogen (secondary N) is 1. The Balaban J connectivity index is 1.46. The number of hydrogen-bond donors (Lipinski definition) is 1. The number of benzene rings is 3. The molecule has 3 nitrogen and oxygen atoms in total. The highest BCUT2D eigenvalue weighted by Gasteiger charge is 2.43. The Bertz CT molecular complexity index is 861. The fourth-order valence-corrected chi connectivity index (χ4v) is 3.05. The molecule has 3 aromatic rings. The maximum absolute atomic E-state index is 12.6. The van der Waals surface area contributed by atoms with Crippen molar-refractivity contribution < 1.29 is 9.53 Å². The molecular formula is C22H19NO2. The van der Waals surface area contributed by atoms with Gasteiger partial charge in [-0.1, -0.05) is 60.7 Å². The highest BCUT2D eigenvalue weighted by atomic mass is 16.5. The van der Waals surface area contributed by atoms with Crippen LogP contribution in [0.25, 0.3) is 0 Å². The first kappa shape index (κ1) is 15.5. The zero-order valence-corrected chi connectivity index (χ0v) is 13.8. The first-order chi connectivity index (χ1) is 12.3. The van der Waals surface area contributed by atoms with Crippen LogP contribution in [-0.2, 0) is 4.79 Å². The van der Waals surface area contributed by atoms with E-state index in [1.165, 1.54) is 5.56 Å². The minimum absolute atomic E-state index is 0.0344. The Morgan fingerprint density at radius 3 is 2.24 bits per heavy atom. The Morgan fingerprint density at radius 1 is 0.840 bits per heavy atom. The van der Waals surface area contributed by atoms with Gasteiger partial charge in [0.1, 0.15) is 5.75 Å². The van der Waals surface area contributed by atoms with Crippen LogP contribution in [0, 0.1) is 5.92 Å². The van der Waals surface area contributed by atoms with Gasteiger partial charge in [0.15, 0.2) is 5.75 Å². The van der Waals surface area contributed by atoms with E-state index in [4.69, 9.17) is 4.74 Å². The molecule has 0 bridgehead atoms. The van der Waals surface area contributed by atoms with E-state index in [2.05, 4.69) is 17.4 Å². The van der Waals surface area contributed by atoms with E-state index in [1.54, 1.807) is 0 Å². The highest BCUT2D eigenvalue weighted by molar-refractivity contribution is 5.96. The average molecular weight is 329 g/mol. The number of amides is 1. The number of para-hydroxylation sites is 3. The number of rotatable bonds is 5. The van der Waals surface area contributed by atoms with Crippen LogP contribution in [0.3, 0.4) is 0 Å². The van der Waals surface area contributed by atoms with E-state index >= 15 is 0 Å². The van der Waals surface area contributed by atoms with Crippen LogP contribution in [-0.4, -0.2) is 5.91 Å². The molecule has 0 aliphatic heterocycles. The van der Waals surface area contributed by atoms with Crippen molar-refractivity contribution in [3.8, 4) is 11.5 Å². The molecule has 0 saturated heterocycles. The van der Waals surface area contributed by atoms with Crippen molar-refractivity contribution >= 4 is 11.6 Å². The van der Waals surface area contributed by atoms with Crippen LogP contribution in [0.5, 0.6) is 11.5 Å². The van der Waals surface area contributed by atoms with Gasteiger partial charge in [0, 0.05) is 5.92 Å². The lowest BCUT2D eigenvalue weighted by molar-refractivity contribution is -0.117. The van der Waals surface area contributed by atoms with Gasteiger partial charge in [-0.2, -0.15) is 0 Å². The molecule has 0 aromatic heterocycles. The Hall–Kier alpha value is -3.07. The molecule has 1 aliphatic carbocycles. The molecule has 0 unspecified atom stereocenters. The van der Waals surface area contributed by atoms with Crippen molar-refractivity contribution in [2.45, 2.75) is 12.3 Å². The van der Waals surface area contributed by atoms with Gasteiger partial charge in [0.05, 0.1) is 5.69 Å². The Morgan fingerprint density at radius 2 is 1.48 bits per heavy atom. The van der Waals surface area contributed by atoms with Gasteiger partial charge < -0.3 is 10.1 Å². The topological polar surface area (TPSA) is 38.3 Å². The summed E-state index contributed by atoms with van der Waals surface area (Å²) in [4.78, 5) is 12.6. The van der Waals surface area contributed by atoms with Crippen molar-refractivity contribution in [3.63, 3.8) is 0 Å². The second-order valence-electron chi connectivity index (χ2n) is 6.26. The second-order valence-corrected chi connectivity index (χ2v) is 6.26. The molecule has 0 radical (unpaired) electrons. The normalized spacial score (nSPS) is 18.4. The van der Waals surface area contributed by atoms with E-state index < -0.39 is 0 Å². The zero-order valence-electron chi connectivity index (χ0n) is 13.8. The molecule has 124 valence electrons. The van der Waals surface area contributed by atoms with E-state index in [-0.39, 0.29) is 11.8 Å². The third-order valence-corrected chi connectivity index (χ3v) is 4.47. The molecule has 1 fully saturated rings. The van der Waals surface area contributed by atoms with Crippen LogP contribution < -0.4 is 10.1 Å². The fraction of sp³-hybridized carbons (Fsp3) is 0.136. The third kappa shape index (κ3) is 3.56. The van der Waals surface area contributed by atoms with Crippen molar-refractivity contribution in [1.82, 2.24) is 0 Å². The maximum Gasteiger partial charge on any atom is 0.228 e. The van der Waals surface area contributed by atoms with Gasteiger partial charge in [-0.05, 0) is 42.2 Å². The number of anilines is 1. The first-order valence-corrected chi connectivity index (χ1v) is 8.49. The molecular weight excluding hydrogens is 310 g/mol. The maximum atomic E-state index is 12.6. The van der Waals surface area contributed by atoms with E-state index in [9.17, 15) is 4.79 Å². The molecule has 0 heterocycles. The number of hydrogen-bond acceptors (Lipinski definition) is 2. The lowest BCUT2D eigenvalue weighted by Gasteiger charge is -2.12. The molecule has 1 N–H and O–H groups in total. The number of carbonyl (C=O) groups is 1. The van der Waals surface area contributed by atoms with Gasteiger partial charge in [-0.25, -0.2) is 0 Å². The largest absolute Gasteiger partial charge is 0.455 e. The summed E-state index contributed by atoms with van der Waals surface area (Å²) in [6.07, 6.45) is 0.900. The van der Waals surface area contributed by atoms with Gasteiger partial charge in [0.25, 0.3) is 0 Å². The molecule has 1 saturated carbocycles. The smallest absolute Gasteiger partial charge is 0.228 e. The lowest BCUT2D eigenvalue weighted by Crippen LogP contribution is -2.15. The minimum Gasteiger partial charge on any atom is -0.455 e. The van der Waals surface area contributed by atoms with E-state index in [0.717, 1.165) is 12.2 Å². The minimum atomic E-state index is 0.0344. The summed E-state index contributed by atoms with van der Waals surface area (Å²) in [5, 5.41) is 3.03. The Labute approximate surface area is 147 Å². The summed E-state index contributed by atoms with van der Waals surface area (Å²) < 4.78 is 5.91. The second kappa shape index (κ2) is 6.81. The molecule has 1 aliphatic rings. The Kier molecular flexibility index (Phi) is 4.21. The van der Waals surface area contributed by atoms with Gasteiger partial charge in [0.2, 0.25) is 5.91 Å². The van der Waals surface area contributed by atoms with Crippen molar-refractivity contribution in [3.05, 3.63) is 90.5 Å². The molecule has 25 heavy (non-hydrogen) atoms. The molecule has 3 heteroatoms. The highest BCUT2D eigenvalue weighted by Crippen LogP contribution is 2.48. The number of carbonyl (C=O) groups excluding carboxylic acids is 1. The van der Waals surface area contributed by atoms with Crippen LogP contribution >= 0.6 is 0 Å². The average Bonchev–Trinajstić information content (AvgIpc) is 3.46. The van der Waals surface area contributed by atoms with Gasteiger partial charge in [-0.15, -0.1) is 0 Å². The summed E-state index contributed by atoms with van der Waals surface area (Å²) in [6.45, 7) is 0. The van der Waals surface area contributed by atoms with Crippen LogP contribution in [0.15, 0.2) is 84.9 Å². The van der Waals surface area contributed by atoms with Crippen LogP contribution in [0.2, 0.25) is 0 Å². The van der Waals surface area contributed by atoms with E-state index in [0.29, 0.717) is 17.4 Å². The lowest BCUT2D eigenvalue weighted by atomic mass is 10.1. The summed E-state index contributed by atoms with van der Waals surface area (Å²) in [5.74, 6) is 1.81. The third-order valence-electron chi connectivity index (χ3n) is 4.47. The standard InChI is InChI=1S/C22H19NO2/c24-22(19-15-18(19)16-9-3-1-4-10-16)23-20-13-7-8-14-21(20)25-17-11-5-2-6-12-17/h1-14,18-19H,15H2,(H,23,24)/t18-,19+/m1/s1. The molecule has 2 atom stereocenters. The molecule has 0 spiro atoms. The zero-order chi connectivity index (χ0) is 17.1. The molecule has 4 rings (SSSR count). The summed E-state index contributed by atoms with van der Waals surface area (Å²) in [6, 6.07) is 27.3. The first-order valence-electron chi connectivity index (χ1n) is 8.49. The quantitative estimate of drug-likeness (QED) is 0.697. The summed E-state index contributed by atoms with van der Waals surface area (Å²) in [5.41, 5.74) is 1.94. The predicted molar refractivity (Wildman–Crippen MR) is 98.9 cm³/mol. The van der Waals surface area contributed by atoms with E-state index in [1.807, 2.05) is 72.8 Å². The number of ether oxygens (including phenoxy) is 1. The van der Waals surface area contributed by atoms with Crippen LogP contribution in [0.4, 0.5) is 5.69 Å². The molecule has 3 aromatic carbocycles. The predicted octanol–water partition coefficient (Wildman–Crippen LogP) is 5.22. The molecule has 1 amide bonds. The summed E-state index contributed by atoms with van der Waals surface area (Å²) in [7, 11) is 0. The summed E-state index contributed by atoms with van der Waals surface area (Å²) >= 11 is 0. The van der Waals surface area contributed by atoms with Crippen molar-refractivity contribution in [2.24, 2.45) is 5.92 Å².